The van der Waals surface area contributed by atoms with Crippen LogP contribution in [-0.4, -0.2) is 14.9 Å². The zero-order valence-corrected chi connectivity index (χ0v) is 11.2. The fourth-order valence-electron chi connectivity index (χ4n) is 2.14. The summed E-state index contributed by atoms with van der Waals surface area (Å²) in [5.74, 6) is 0. The van der Waals surface area contributed by atoms with Gasteiger partial charge in [0, 0.05) is 13.0 Å². The molecule has 2 aromatic rings. The molecule has 0 fully saturated rings. The Hall–Kier alpha value is -1.61. The van der Waals surface area contributed by atoms with Gasteiger partial charge in [0.2, 0.25) is 0 Å². The van der Waals surface area contributed by atoms with E-state index in [1.54, 1.807) is 0 Å². The third-order valence-electron chi connectivity index (χ3n) is 3.12. The number of aliphatic hydroxyl groups is 1. The average molecular weight is 244 g/mol. The summed E-state index contributed by atoms with van der Waals surface area (Å²) in [6.07, 6.45) is 0.139. The lowest BCUT2D eigenvalue weighted by Gasteiger charge is -2.12. The lowest BCUT2D eigenvalue weighted by Crippen LogP contribution is -2.10. The molecule has 18 heavy (non-hydrogen) atoms. The Morgan fingerprint density at radius 3 is 2.50 bits per heavy atom. The van der Waals surface area contributed by atoms with Gasteiger partial charge in [-0.15, -0.1) is 0 Å². The van der Waals surface area contributed by atoms with Crippen LogP contribution in [0.4, 0.5) is 0 Å². The van der Waals surface area contributed by atoms with Crippen LogP contribution >= 0.6 is 0 Å². The molecule has 2 rings (SSSR count). The SMILES string of the molecule is CCn1nc(C)cc1C(O)Cc1ccc(C)cc1. The maximum absolute atomic E-state index is 10.3. The summed E-state index contributed by atoms with van der Waals surface area (Å²) in [7, 11) is 0. The van der Waals surface area contributed by atoms with E-state index in [-0.39, 0.29) is 0 Å². The fraction of sp³-hybridized carbons (Fsp3) is 0.400. The monoisotopic (exact) mass is 244 g/mol. The Labute approximate surface area is 108 Å². The maximum atomic E-state index is 10.3. The van der Waals surface area contributed by atoms with Crippen molar-refractivity contribution in [3.63, 3.8) is 0 Å². The fourth-order valence-corrected chi connectivity index (χ4v) is 2.14. The molecule has 3 heteroatoms. The van der Waals surface area contributed by atoms with Crippen LogP contribution in [0.25, 0.3) is 0 Å². The van der Waals surface area contributed by atoms with Crippen LogP contribution in [-0.2, 0) is 13.0 Å². The molecule has 1 atom stereocenters. The number of hydrogen-bond donors (Lipinski definition) is 1. The zero-order chi connectivity index (χ0) is 13.1. The summed E-state index contributed by atoms with van der Waals surface area (Å²) in [5.41, 5.74) is 4.24. The predicted octanol–water partition coefficient (Wildman–Crippen LogP) is 2.80. The topological polar surface area (TPSA) is 38.0 Å². The van der Waals surface area contributed by atoms with Gasteiger partial charge in [-0.25, -0.2) is 0 Å². The van der Waals surface area contributed by atoms with E-state index in [4.69, 9.17) is 0 Å². The van der Waals surface area contributed by atoms with Gasteiger partial charge in [0.15, 0.2) is 0 Å². The Kier molecular flexibility index (Phi) is 3.82. The Balaban J connectivity index is 2.16. The molecular weight excluding hydrogens is 224 g/mol. The highest BCUT2D eigenvalue weighted by Crippen LogP contribution is 2.19. The minimum Gasteiger partial charge on any atom is -0.386 e. The summed E-state index contributed by atoms with van der Waals surface area (Å²) in [4.78, 5) is 0. The number of aliphatic hydroxyl groups excluding tert-OH is 1. The lowest BCUT2D eigenvalue weighted by atomic mass is 10.0. The van der Waals surface area contributed by atoms with Gasteiger partial charge in [0.1, 0.15) is 0 Å². The van der Waals surface area contributed by atoms with E-state index in [0.29, 0.717) is 6.42 Å². The van der Waals surface area contributed by atoms with Gasteiger partial charge < -0.3 is 5.11 Å². The number of aromatic nitrogens is 2. The van der Waals surface area contributed by atoms with Gasteiger partial charge in [-0.2, -0.15) is 5.10 Å². The molecule has 1 aromatic carbocycles. The first kappa shape index (κ1) is 12.8. The van der Waals surface area contributed by atoms with E-state index >= 15 is 0 Å². The Morgan fingerprint density at radius 1 is 1.22 bits per heavy atom. The molecule has 3 nitrogen and oxygen atoms in total. The highest BCUT2D eigenvalue weighted by Gasteiger charge is 2.14. The van der Waals surface area contributed by atoms with Crippen LogP contribution in [0.5, 0.6) is 0 Å². The van der Waals surface area contributed by atoms with Gasteiger partial charge in [-0.3, -0.25) is 4.68 Å². The maximum Gasteiger partial charge on any atom is 0.0996 e. The normalized spacial score (nSPS) is 12.7. The molecule has 1 unspecified atom stereocenters. The summed E-state index contributed by atoms with van der Waals surface area (Å²) >= 11 is 0. The molecule has 1 N–H and O–H groups in total. The third kappa shape index (κ3) is 2.79. The first-order valence-electron chi connectivity index (χ1n) is 6.38. The van der Waals surface area contributed by atoms with E-state index in [9.17, 15) is 5.11 Å². The van der Waals surface area contributed by atoms with Crippen molar-refractivity contribution >= 4 is 0 Å². The first-order valence-corrected chi connectivity index (χ1v) is 6.38. The minimum absolute atomic E-state index is 0.492. The van der Waals surface area contributed by atoms with E-state index in [1.807, 2.05) is 24.6 Å². The van der Waals surface area contributed by atoms with E-state index < -0.39 is 6.10 Å². The van der Waals surface area contributed by atoms with Crippen molar-refractivity contribution < 1.29 is 5.11 Å². The molecule has 96 valence electrons. The van der Waals surface area contributed by atoms with Gasteiger partial charge in [-0.1, -0.05) is 29.8 Å². The molecule has 0 radical (unpaired) electrons. The van der Waals surface area contributed by atoms with Crippen molar-refractivity contribution in [2.75, 3.05) is 0 Å². The van der Waals surface area contributed by atoms with Crippen molar-refractivity contribution in [2.24, 2.45) is 0 Å². The molecule has 0 aliphatic carbocycles. The molecule has 0 aliphatic rings. The van der Waals surface area contributed by atoms with Crippen LogP contribution in [0, 0.1) is 13.8 Å². The highest BCUT2D eigenvalue weighted by molar-refractivity contribution is 5.23. The summed E-state index contributed by atoms with van der Waals surface area (Å²) < 4.78 is 1.87. The smallest absolute Gasteiger partial charge is 0.0996 e. The summed E-state index contributed by atoms with van der Waals surface area (Å²) in [6, 6.07) is 10.2. The molecule has 0 amide bonds. The zero-order valence-electron chi connectivity index (χ0n) is 11.2. The first-order chi connectivity index (χ1) is 8.60. The largest absolute Gasteiger partial charge is 0.386 e. The van der Waals surface area contributed by atoms with Crippen LogP contribution in [0.15, 0.2) is 30.3 Å². The predicted molar refractivity (Wildman–Crippen MR) is 72.5 cm³/mol. The van der Waals surface area contributed by atoms with Gasteiger partial charge >= 0.3 is 0 Å². The number of rotatable bonds is 4. The molecule has 0 spiro atoms. The number of aryl methyl sites for hydroxylation is 3. The molecule has 0 bridgehead atoms. The Bertz CT molecular complexity index is 514. The van der Waals surface area contributed by atoms with Crippen molar-refractivity contribution in [1.29, 1.82) is 0 Å². The molecule has 1 aromatic heterocycles. The standard InChI is InChI=1S/C15H20N2O/c1-4-17-14(9-12(3)16-17)15(18)10-13-7-5-11(2)6-8-13/h5-9,15,18H,4,10H2,1-3H3. The van der Waals surface area contributed by atoms with Gasteiger partial charge in [-0.05, 0) is 32.4 Å². The highest BCUT2D eigenvalue weighted by atomic mass is 16.3. The van der Waals surface area contributed by atoms with Crippen LogP contribution in [0.1, 0.15) is 35.5 Å². The molecule has 0 aliphatic heterocycles. The lowest BCUT2D eigenvalue weighted by molar-refractivity contribution is 0.167. The molecular formula is C15H20N2O. The van der Waals surface area contributed by atoms with E-state index in [0.717, 1.165) is 23.5 Å². The van der Waals surface area contributed by atoms with Crippen LogP contribution < -0.4 is 0 Å². The second-order valence-corrected chi connectivity index (χ2v) is 4.73. The van der Waals surface area contributed by atoms with Crippen LogP contribution in [0.3, 0.4) is 0 Å². The molecule has 0 saturated carbocycles. The van der Waals surface area contributed by atoms with Gasteiger partial charge in [0.05, 0.1) is 17.5 Å². The van der Waals surface area contributed by atoms with Crippen molar-refractivity contribution in [2.45, 2.75) is 39.8 Å². The Morgan fingerprint density at radius 2 is 1.89 bits per heavy atom. The second-order valence-electron chi connectivity index (χ2n) is 4.73. The summed E-state index contributed by atoms with van der Waals surface area (Å²) in [5, 5.41) is 14.7. The quantitative estimate of drug-likeness (QED) is 0.898. The number of nitrogens with zero attached hydrogens (tertiary/aromatic N) is 2. The van der Waals surface area contributed by atoms with Crippen molar-refractivity contribution in [1.82, 2.24) is 9.78 Å². The number of hydrogen-bond acceptors (Lipinski definition) is 2. The average Bonchev–Trinajstić information content (AvgIpc) is 2.73. The van der Waals surface area contributed by atoms with E-state index in [2.05, 4.69) is 36.3 Å². The van der Waals surface area contributed by atoms with Crippen molar-refractivity contribution in [3.05, 3.63) is 52.8 Å². The minimum atomic E-state index is -0.492. The van der Waals surface area contributed by atoms with E-state index in [1.165, 1.54) is 5.56 Å². The second kappa shape index (κ2) is 5.36. The summed E-state index contributed by atoms with van der Waals surface area (Å²) in [6.45, 7) is 6.84. The molecule has 1 heterocycles. The third-order valence-corrected chi connectivity index (χ3v) is 3.12. The van der Waals surface area contributed by atoms with Gasteiger partial charge in [0.25, 0.3) is 0 Å². The molecule has 0 saturated heterocycles. The number of benzene rings is 1. The van der Waals surface area contributed by atoms with Crippen molar-refractivity contribution in [3.8, 4) is 0 Å². The van der Waals surface area contributed by atoms with Crippen LogP contribution in [0.2, 0.25) is 0 Å².